The van der Waals surface area contributed by atoms with Crippen LogP contribution in [0.3, 0.4) is 0 Å². The summed E-state index contributed by atoms with van der Waals surface area (Å²) in [6.07, 6.45) is 6.18. The Labute approximate surface area is 89.3 Å². The minimum Gasteiger partial charge on any atom is -0.385 e. The van der Waals surface area contributed by atoms with Crippen molar-refractivity contribution >= 4 is 11.3 Å². The summed E-state index contributed by atoms with van der Waals surface area (Å²) in [6, 6.07) is 0. The maximum absolute atomic E-state index is 5.45. The molecular formula is C10H18N2OS. The molecule has 0 radical (unpaired) electrons. The lowest BCUT2D eigenvalue weighted by molar-refractivity contribution is 0.195. The highest BCUT2D eigenvalue weighted by molar-refractivity contribution is 7.11. The summed E-state index contributed by atoms with van der Waals surface area (Å²) >= 11 is 1.80. The lowest BCUT2D eigenvalue weighted by Gasteiger charge is -1.95. The van der Waals surface area contributed by atoms with Crippen molar-refractivity contribution in [1.29, 1.82) is 0 Å². The molecule has 4 heteroatoms. The molecule has 0 aliphatic carbocycles. The van der Waals surface area contributed by atoms with E-state index in [0.717, 1.165) is 38.8 Å². The van der Waals surface area contributed by atoms with Crippen LogP contribution in [-0.4, -0.2) is 25.2 Å². The van der Waals surface area contributed by atoms with Crippen molar-refractivity contribution < 1.29 is 4.74 Å². The van der Waals surface area contributed by atoms with Gasteiger partial charge in [-0.25, -0.2) is 4.98 Å². The van der Waals surface area contributed by atoms with E-state index >= 15 is 0 Å². The van der Waals surface area contributed by atoms with Crippen LogP contribution in [0, 0.1) is 0 Å². The molecule has 0 saturated heterocycles. The van der Waals surface area contributed by atoms with Crippen LogP contribution >= 0.6 is 11.3 Å². The highest BCUT2D eigenvalue weighted by Crippen LogP contribution is 2.15. The van der Waals surface area contributed by atoms with Gasteiger partial charge in [0.1, 0.15) is 0 Å². The van der Waals surface area contributed by atoms with E-state index in [9.17, 15) is 0 Å². The van der Waals surface area contributed by atoms with E-state index in [-0.39, 0.29) is 0 Å². The van der Waals surface area contributed by atoms with E-state index in [0.29, 0.717) is 0 Å². The number of ether oxygens (including phenoxy) is 1. The number of aryl methyl sites for hydroxylation is 2. The van der Waals surface area contributed by atoms with Gasteiger partial charge in [-0.1, -0.05) is 0 Å². The third-order valence-corrected chi connectivity index (χ3v) is 3.08. The van der Waals surface area contributed by atoms with Gasteiger partial charge in [0, 0.05) is 31.2 Å². The largest absolute Gasteiger partial charge is 0.385 e. The molecule has 0 bridgehead atoms. The van der Waals surface area contributed by atoms with Crippen molar-refractivity contribution in [3.63, 3.8) is 0 Å². The topological polar surface area (TPSA) is 48.1 Å². The summed E-state index contributed by atoms with van der Waals surface area (Å²) in [7, 11) is 1.73. The van der Waals surface area contributed by atoms with E-state index in [1.54, 1.807) is 18.4 Å². The van der Waals surface area contributed by atoms with Crippen molar-refractivity contribution in [2.24, 2.45) is 5.73 Å². The zero-order valence-electron chi connectivity index (χ0n) is 8.66. The summed E-state index contributed by atoms with van der Waals surface area (Å²) in [6.45, 7) is 1.58. The van der Waals surface area contributed by atoms with Crippen molar-refractivity contribution in [1.82, 2.24) is 4.98 Å². The van der Waals surface area contributed by atoms with E-state index in [1.807, 2.05) is 6.20 Å². The highest BCUT2D eigenvalue weighted by Gasteiger charge is 2.01. The summed E-state index contributed by atoms with van der Waals surface area (Å²) < 4.78 is 5.00. The monoisotopic (exact) mass is 214 g/mol. The second kappa shape index (κ2) is 6.92. The predicted molar refractivity (Wildman–Crippen MR) is 59.7 cm³/mol. The maximum atomic E-state index is 5.45. The Balaban J connectivity index is 2.27. The summed E-state index contributed by atoms with van der Waals surface area (Å²) in [5.74, 6) is 0. The normalized spacial score (nSPS) is 10.7. The minimum absolute atomic E-state index is 0.761. The first-order chi connectivity index (χ1) is 6.86. The average Bonchev–Trinajstić information content (AvgIpc) is 2.63. The lowest BCUT2D eigenvalue weighted by Crippen LogP contribution is -1.99. The summed E-state index contributed by atoms with van der Waals surface area (Å²) in [5.41, 5.74) is 5.45. The van der Waals surface area contributed by atoms with Crippen LogP contribution in [0.25, 0.3) is 0 Å². The highest BCUT2D eigenvalue weighted by atomic mass is 32.1. The number of nitrogens with zero attached hydrogens (tertiary/aromatic N) is 1. The fourth-order valence-corrected chi connectivity index (χ4v) is 2.23. The smallest absolute Gasteiger partial charge is 0.0928 e. The Kier molecular flexibility index (Phi) is 5.75. The van der Waals surface area contributed by atoms with Crippen LogP contribution in [0.15, 0.2) is 6.20 Å². The molecular weight excluding hydrogens is 196 g/mol. The zero-order chi connectivity index (χ0) is 10.2. The average molecular weight is 214 g/mol. The summed E-state index contributed by atoms with van der Waals surface area (Å²) in [5, 5.41) is 1.22. The molecule has 3 nitrogen and oxygen atoms in total. The molecule has 80 valence electrons. The number of rotatable bonds is 7. The number of aromatic nitrogens is 1. The molecule has 0 spiro atoms. The predicted octanol–water partition coefficient (Wildman–Crippen LogP) is 1.61. The second-order valence-corrected chi connectivity index (χ2v) is 4.41. The molecule has 0 saturated carbocycles. The first kappa shape index (κ1) is 11.6. The number of hydrogen-bond donors (Lipinski definition) is 1. The van der Waals surface area contributed by atoms with E-state index in [4.69, 9.17) is 10.5 Å². The van der Waals surface area contributed by atoms with Crippen LogP contribution in [0.4, 0.5) is 0 Å². The molecule has 0 unspecified atom stereocenters. The van der Waals surface area contributed by atoms with Gasteiger partial charge in [-0.15, -0.1) is 11.3 Å². The first-order valence-corrected chi connectivity index (χ1v) is 5.81. The van der Waals surface area contributed by atoms with Crippen molar-refractivity contribution in [3.05, 3.63) is 16.1 Å². The van der Waals surface area contributed by atoms with Gasteiger partial charge < -0.3 is 10.5 Å². The Morgan fingerprint density at radius 2 is 2.29 bits per heavy atom. The van der Waals surface area contributed by atoms with Gasteiger partial charge in [-0.05, 0) is 25.8 Å². The molecule has 1 aromatic heterocycles. The molecule has 1 heterocycles. The molecule has 0 amide bonds. The standard InChI is InChI=1S/C10H18N2OS/c1-13-7-3-5-10-12-8-9(14-10)4-2-6-11/h8H,2-7,11H2,1H3. The number of nitrogens with two attached hydrogens (primary N) is 1. The van der Waals surface area contributed by atoms with Gasteiger partial charge >= 0.3 is 0 Å². The van der Waals surface area contributed by atoms with E-state index < -0.39 is 0 Å². The fourth-order valence-electron chi connectivity index (χ4n) is 1.22. The van der Waals surface area contributed by atoms with Crippen molar-refractivity contribution in [2.75, 3.05) is 20.3 Å². The van der Waals surface area contributed by atoms with E-state index in [2.05, 4.69) is 4.98 Å². The molecule has 0 fully saturated rings. The van der Waals surface area contributed by atoms with E-state index in [1.165, 1.54) is 9.88 Å². The molecule has 1 rings (SSSR count). The van der Waals surface area contributed by atoms with Gasteiger partial charge in [-0.3, -0.25) is 0 Å². The van der Waals surface area contributed by atoms with Gasteiger partial charge in [0.15, 0.2) is 0 Å². The fraction of sp³-hybridized carbons (Fsp3) is 0.700. The van der Waals surface area contributed by atoms with Crippen LogP contribution < -0.4 is 5.73 Å². The molecule has 0 atom stereocenters. The third kappa shape index (κ3) is 4.17. The van der Waals surface area contributed by atoms with Gasteiger partial charge in [0.2, 0.25) is 0 Å². The Morgan fingerprint density at radius 3 is 3.00 bits per heavy atom. The Morgan fingerprint density at radius 1 is 1.43 bits per heavy atom. The minimum atomic E-state index is 0.761. The molecule has 14 heavy (non-hydrogen) atoms. The number of hydrogen-bond acceptors (Lipinski definition) is 4. The molecule has 0 aliphatic rings. The van der Waals surface area contributed by atoms with Crippen LogP contribution in [0.1, 0.15) is 22.7 Å². The Hall–Kier alpha value is -0.450. The molecule has 0 aliphatic heterocycles. The number of methoxy groups -OCH3 is 1. The molecule has 0 aromatic carbocycles. The summed E-state index contributed by atoms with van der Waals surface area (Å²) in [4.78, 5) is 5.71. The van der Waals surface area contributed by atoms with Gasteiger partial charge in [0.05, 0.1) is 5.01 Å². The maximum Gasteiger partial charge on any atom is 0.0928 e. The third-order valence-electron chi connectivity index (χ3n) is 1.97. The second-order valence-electron chi connectivity index (χ2n) is 3.21. The molecule has 1 aromatic rings. The van der Waals surface area contributed by atoms with Gasteiger partial charge in [0.25, 0.3) is 0 Å². The van der Waals surface area contributed by atoms with Gasteiger partial charge in [-0.2, -0.15) is 0 Å². The number of thiazole rings is 1. The van der Waals surface area contributed by atoms with Crippen LogP contribution in [0.5, 0.6) is 0 Å². The Bertz CT molecular complexity index is 250. The SMILES string of the molecule is COCCCc1ncc(CCCN)s1. The quantitative estimate of drug-likeness (QED) is 0.702. The van der Waals surface area contributed by atoms with Crippen molar-refractivity contribution in [3.8, 4) is 0 Å². The van der Waals surface area contributed by atoms with Crippen molar-refractivity contribution in [2.45, 2.75) is 25.7 Å². The van der Waals surface area contributed by atoms with Crippen LogP contribution in [0.2, 0.25) is 0 Å². The zero-order valence-corrected chi connectivity index (χ0v) is 9.48. The molecule has 2 N–H and O–H groups in total. The lowest BCUT2D eigenvalue weighted by atomic mass is 10.3. The first-order valence-electron chi connectivity index (χ1n) is 4.99. The van der Waals surface area contributed by atoms with Crippen LogP contribution in [-0.2, 0) is 17.6 Å².